The first kappa shape index (κ1) is 13.8. The number of aryl methyl sites for hydroxylation is 1. The van der Waals surface area contributed by atoms with Crippen LogP contribution in [0.4, 0.5) is 10.5 Å². The molecule has 4 nitrogen and oxygen atoms in total. The van der Waals surface area contributed by atoms with Crippen molar-refractivity contribution in [3.63, 3.8) is 0 Å². The van der Waals surface area contributed by atoms with Crippen molar-refractivity contribution < 1.29 is 4.79 Å². The Morgan fingerprint density at radius 3 is 2.79 bits per heavy atom. The van der Waals surface area contributed by atoms with Crippen molar-refractivity contribution in [2.75, 3.05) is 5.32 Å². The van der Waals surface area contributed by atoms with Crippen LogP contribution in [0.25, 0.3) is 0 Å². The molecule has 0 spiro atoms. The van der Waals surface area contributed by atoms with Crippen molar-refractivity contribution in [1.82, 2.24) is 5.43 Å². The highest BCUT2D eigenvalue weighted by molar-refractivity contribution is 9.11. The molecule has 2 aromatic rings. The van der Waals surface area contributed by atoms with Crippen molar-refractivity contribution >= 4 is 45.2 Å². The molecule has 6 heteroatoms. The van der Waals surface area contributed by atoms with Gasteiger partial charge in [0.25, 0.3) is 0 Å². The number of carbonyl (C=O) groups is 1. The fourth-order valence-corrected chi connectivity index (χ4v) is 2.71. The summed E-state index contributed by atoms with van der Waals surface area (Å²) in [7, 11) is 0. The van der Waals surface area contributed by atoms with E-state index >= 15 is 0 Å². The second-order valence-corrected chi connectivity index (χ2v) is 6.28. The fraction of sp³-hybridized carbons (Fsp3) is 0.0769. The van der Waals surface area contributed by atoms with Crippen molar-refractivity contribution in [2.45, 2.75) is 6.92 Å². The van der Waals surface area contributed by atoms with Gasteiger partial charge in [0.2, 0.25) is 0 Å². The van der Waals surface area contributed by atoms with E-state index in [4.69, 9.17) is 0 Å². The minimum Gasteiger partial charge on any atom is -0.306 e. The number of anilines is 1. The maximum atomic E-state index is 11.6. The summed E-state index contributed by atoms with van der Waals surface area (Å²) in [5.41, 5.74) is 4.20. The van der Waals surface area contributed by atoms with Gasteiger partial charge in [-0.2, -0.15) is 5.10 Å². The Morgan fingerprint density at radius 1 is 1.32 bits per heavy atom. The quantitative estimate of drug-likeness (QED) is 0.646. The van der Waals surface area contributed by atoms with E-state index in [1.807, 2.05) is 43.3 Å². The number of thiophene rings is 1. The molecule has 2 N–H and O–H groups in total. The van der Waals surface area contributed by atoms with Crippen LogP contribution in [0.2, 0.25) is 0 Å². The summed E-state index contributed by atoms with van der Waals surface area (Å²) in [5.74, 6) is 0. The number of benzene rings is 1. The topological polar surface area (TPSA) is 53.5 Å². The average Bonchev–Trinajstić information content (AvgIpc) is 2.78. The smallest absolute Gasteiger partial charge is 0.306 e. The van der Waals surface area contributed by atoms with Gasteiger partial charge in [0, 0.05) is 10.6 Å². The third-order valence-electron chi connectivity index (χ3n) is 2.35. The van der Waals surface area contributed by atoms with Gasteiger partial charge in [-0.25, -0.2) is 10.2 Å². The molecule has 1 aromatic heterocycles. The number of urea groups is 1. The third-order valence-corrected chi connectivity index (χ3v) is 3.90. The number of rotatable bonds is 3. The van der Waals surface area contributed by atoms with E-state index in [0.717, 1.165) is 19.9 Å². The lowest BCUT2D eigenvalue weighted by molar-refractivity contribution is 0.252. The van der Waals surface area contributed by atoms with Gasteiger partial charge < -0.3 is 5.32 Å². The van der Waals surface area contributed by atoms with Crippen LogP contribution in [0, 0.1) is 6.92 Å². The second-order valence-electron chi connectivity index (χ2n) is 3.78. The SMILES string of the molecule is Cc1ccccc1NC(=O)NN=Cc1ccc(Br)s1. The van der Waals surface area contributed by atoms with E-state index in [1.54, 1.807) is 17.6 Å². The highest BCUT2D eigenvalue weighted by Crippen LogP contribution is 2.20. The molecule has 0 saturated carbocycles. The largest absolute Gasteiger partial charge is 0.339 e. The molecule has 19 heavy (non-hydrogen) atoms. The monoisotopic (exact) mass is 337 g/mol. The molecule has 0 radical (unpaired) electrons. The lowest BCUT2D eigenvalue weighted by atomic mass is 10.2. The van der Waals surface area contributed by atoms with Gasteiger partial charge in [0.1, 0.15) is 0 Å². The molecule has 2 amide bonds. The van der Waals surface area contributed by atoms with E-state index < -0.39 is 0 Å². The maximum absolute atomic E-state index is 11.6. The van der Waals surface area contributed by atoms with Gasteiger partial charge >= 0.3 is 6.03 Å². The fourth-order valence-electron chi connectivity index (χ4n) is 1.42. The summed E-state index contributed by atoms with van der Waals surface area (Å²) in [4.78, 5) is 12.6. The van der Waals surface area contributed by atoms with E-state index in [0.29, 0.717) is 0 Å². The van der Waals surface area contributed by atoms with Gasteiger partial charge in [0.05, 0.1) is 10.0 Å². The third kappa shape index (κ3) is 4.18. The number of halogens is 1. The number of hydrogen-bond acceptors (Lipinski definition) is 3. The van der Waals surface area contributed by atoms with Crippen LogP contribution in [-0.4, -0.2) is 12.2 Å². The molecule has 0 fully saturated rings. The number of carbonyl (C=O) groups excluding carboxylic acids is 1. The van der Waals surface area contributed by atoms with Crippen LogP contribution in [0.1, 0.15) is 10.4 Å². The van der Waals surface area contributed by atoms with Crippen LogP contribution < -0.4 is 10.7 Å². The summed E-state index contributed by atoms with van der Waals surface area (Å²) >= 11 is 4.90. The lowest BCUT2D eigenvalue weighted by Crippen LogP contribution is -2.24. The summed E-state index contributed by atoms with van der Waals surface area (Å²) in [6.45, 7) is 1.93. The molecule has 0 aliphatic heterocycles. The Bertz CT molecular complexity index is 609. The van der Waals surface area contributed by atoms with Crippen LogP contribution >= 0.6 is 27.3 Å². The van der Waals surface area contributed by atoms with Crippen molar-refractivity contribution in [3.05, 3.63) is 50.6 Å². The molecule has 98 valence electrons. The zero-order valence-corrected chi connectivity index (χ0v) is 12.6. The van der Waals surface area contributed by atoms with Gasteiger partial charge in [-0.1, -0.05) is 18.2 Å². The Kier molecular flexibility index (Phi) is 4.70. The molecule has 0 bridgehead atoms. The van der Waals surface area contributed by atoms with E-state index in [-0.39, 0.29) is 6.03 Å². The first-order valence-electron chi connectivity index (χ1n) is 5.56. The molecule has 0 saturated heterocycles. The summed E-state index contributed by atoms with van der Waals surface area (Å²) < 4.78 is 1.03. The molecule has 0 aliphatic carbocycles. The Hall–Kier alpha value is -1.66. The Labute approximate surface area is 123 Å². The van der Waals surface area contributed by atoms with E-state index in [2.05, 4.69) is 31.8 Å². The minimum absolute atomic E-state index is 0.360. The first-order chi connectivity index (χ1) is 9.15. The van der Waals surface area contributed by atoms with Gasteiger partial charge in [-0.3, -0.25) is 0 Å². The minimum atomic E-state index is -0.360. The molecule has 2 rings (SSSR count). The predicted octanol–water partition coefficient (Wildman–Crippen LogP) is 3.97. The molecule has 0 atom stereocenters. The molecule has 1 heterocycles. The highest BCUT2D eigenvalue weighted by Gasteiger charge is 2.01. The second kappa shape index (κ2) is 6.49. The maximum Gasteiger partial charge on any atom is 0.339 e. The summed E-state index contributed by atoms with van der Waals surface area (Å²) in [6.07, 6.45) is 1.60. The standard InChI is InChI=1S/C13H12BrN3OS/c1-9-4-2-3-5-11(9)16-13(18)17-15-8-10-6-7-12(14)19-10/h2-8H,1H3,(H2,16,17,18). The number of nitrogens with one attached hydrogen (secondary N) is 2. The van der Waals surface area contributed by atoms with E-state index in [1.165, 1.54) is 0 Å². The molecule has 0 aliphatic rings. The number of amides is 2. The Morgan fingerprint density at radius 2 is 2.11 bits per heavy atom. The van der Waals surface area contributed by atoms with Crippen LogP contribution in [0.5, 0.6) is 0 Å². The number of nitrogens with zero attached hydrogens (tertiary/aromatic N) is 1. The summed E-state index contributed by atoms with van der Waals surface area (Å²) in [5, 5.41) is 6.62. The average molecular weight is 338 g/mol. The van der Waals surface area contributed by atoms with Crippen LogP contribution in [-0.2, 0) is 0 Å². The molecular weight excluding hydrogens is 326 g/mol. The number of para-hydroxylation sites is 1. The lowest BCUT2D eigenvalue weighted by Gasteiger charge is -2.06. The first-order valence-corrected chi connectivity index (χ1v) is 7.17. The van der Waals surface area contributed by atoms with E-state index in [9.17, 15) is 4.79 Å². The zero-order chi connectivity index (χ0) is 13.7. The van der Waals surface area contributed by atoms with Crippen molar-refractivity contribution in [2.24, 2.45) is 5.10 Å². The predicted molar refractivity (Wildman–Crippen MR) is 82.9 cm³/mol. The van der Waals surface area contributed by atoms with Gasteiger partial charge in [0.15, 0.2) is 0 Å². The summed E-state index contributed by atoms with van der Waals surface area (Å²) in [6, 6.07) is 11.1. The van der Waals surface area contributed by atoms with Crippen molar-refractivity contribution in [1.29, 1.82) is 0 Å². The Balaban J connectivity index is 1.88. The normalized spacial score (nSPS) is 10.6. The van der Waals surface area contributed by atoms with Gasteiger partial charge in [-0.05, 0) is 46.6 Å². The molecular formula is C13H12BrN3OS. The number of hydrazone groups is 1. The molecule has 0 unspecified atom stereocenters. The number of hydrogen-bond donors (Lipinski definition) is 2. The van der Waals surface area contributed by atoms with Crippen LogP contribution in [0.3, 0.4) is 0 Å². The zero-order valence-electron chi connectivity index (χ0n) is 10.2. The van der Waals surface area contributed by atoms with Gasteiger partial charge in [-0.15, -0.1) is 11.3 Å². The van der Waals surface area contributed by atoms with Crippen molar-refractivity contribution in [3.8, 4) is 0 Å². The molecule has 1 aromatic carbocycles. The van der Waals surface area contributed by atoms with Crippen LogP contribution in [0.15, 0.2) is 45.3 Å². The highest BCUT2D eigenvalue weighted by atomic mass is 79.9.